The van der Waals surface area contributed by atoms with Crippen LogP contribution >= 0.6 is 11.6 Å². The molecular weight excluding hydrogens is 260 g/mol. The quantitative estimate of drug-likeness (QED) is 0.914. The Bertz CT molecular complexity index is 578. The summed E-state index contributed by atoms with van der Waals surface area (Å²) in [4.78, 5) is 0. The molecule has 1 atom stereocenters. The van der Waals surface area contributed by atoms with E-state index in [0.29, 0.717) is 16.7 Å². The summed E-state index contributed by atoms with van der Waals surface area (Å²) in [5.74, 6) is 0.811. The first-order chi connectivity index (χ1) is 9.24. The predicted octanol–water partition coefficient (Wildman–Crippen LogP) is 3.96. The smallest absolute Gasteiger partial charge is 0.120 e. The van der Waals surface area contributed by atoms with Crippen LogP contribution in [-0.2, 0) is 0 Å². The molecule has 0 aliphatic heterocycles. The molecule has 1 aliphatic carbocycles. The van der Waals surface area contributed by atoms with Crippen molar-refractivity contribution < 1.29 is 9.84 Å². The zero-order chi connectivity index (χ0) is 13.2. The van der Waals surface area contributed by atoms with Gasteiger partial charge in [0.2, 0.25) is 0 Å². The molecular formula is C16H15ClO2. The molecule has 3 rings (SSSR count). The van der Waals surface area contributed by atoms with Crippen molar-refractivity contribution in [2.75, 3.05) is 0 Å². The summed E-state index contributed by atoms with van der Waals surface area (Å²) < 4.78 is 5.74. The lowest BCUT2D eigenvalue weighted by atomic mass is 10.0. The van der Waals surface area contributed by atoms with Gasteiger partial charge in [0.25, 0.3) is 0 Å². The van der Waals surface area contributed by atoms with Crippen LogP contribution in [0.4, 0.5) is 0 Å². The van der Waals surface area contributed by atoms with Crippen LogP contribution in [0.1, 0.15) is 30.1 Å². The molecule has 19 heavy (non-hydrogen) atoms. The number of ether oxygens (including phenoxy) is 1. The lowest BCUT2D eigenvalue weighted by Gasteiger charge is -2.14. The van der Waals surface area contributed by atoms with E-state index in [4.69, 9.17) is 16.3 Å². The minimum Gasteiger partial charge on any atom is -0.490 e. The molecule has 1 aliphatic rings. The highest BCUT2D eigenvalue weighted by molar-refractivity contribution is 6.31. The van der Waals surface area contributed by atoms with Crippen LogP contribution in [0.25, 0.3) is 0 Å². The predicted molar refractivity (Wildman–Crippen MR) is 75.6 cm³/mol. The summed E-state index contributed by atoms with van der Waals surface area (Å²) in [5.41, 5.74) is 1.51. The highest BCUT2D eigenvalue weighted by Gasteiger charge is 2.23. The monoisotopic (exact) mass is 274 g/mol. The maximum absolute atomic E-state index is 10.4. The van der Waals surface area contributed by atoms with Crippen molar-refractivity contribution in [1.82, 2.24) is 0 Å². The van der Waals surface area contributed by atoms with E-state index in [1.165, 1.54) is 0 Å². The van der Waals surface area contributed by atoms with Crippen molar-refractivity contribution in [2.45, 2.75) is 25.0 Å². The topological polar surface area (TPSA) is 29.5 Å². The normalized spacial score (nSPS) is 16.1. The number of hydrogen-bond acceptors (Lipinski definition) is 2. The Balaban J connectivity index is 1.86. The number of halogens is 1. The van der Waals surface area contributed by atoms with E-state index < -0.39 is 6.10 Å². The Morgan fingerprint density at radius 3 is 2.63 bits per heavy atom. The summed E-state index contributed by atoms with van der Waals surface area (Å²) in [6.07, 6.45) is 1.87. The fourth-order valence-electron chi connectivity index (χ4n) is 2.01. The number of aliphatic hydroxyl groups excluding tert-OH is 1. The molecule has 0 bridgehead atoms. The number of aliphatic hydroxyl groups is 1. The first-order valence-electron chi connectivity index (χ1n) is 6.43. The van der Waals surface area contributed by atoms with Crippen molar-refractivity contribution >= 4 is 11.6 Å². The molecule has 0 spiro atoms. The van der Waals surface area contributed by atoms with Gasteiger partial charge in [0.05, 0.1) is 6.10 Å². The molecule has 3 heteroatoms. The van der Waals surface area contributed by atoms with Crippen LogP contribution in [-0.4, -0.2) is 11.2 Å². The molecule has 2 aromatic rings. The zero-order valence-corrected chi connectivity index (χ0v) is 11.2. The van der Waals surface area contributed by atoms with Gasteiger partial charge >= 0.3 is 0 Å². The van der Waals surface area contributed by atoms with Crippen molar-refractivity contribution in [3.05, 3.63) is 64.7 Å². The Morgan fingerprint density at radius 2 is 1.89 bits per heavy atom. The average Bonchev–Trinajstić information content (AvgIpc) is 3.23. The highest BCUT2D eigenvalue weighted by atomic mass is 35.5. The van der Waals surface area contributed by atoms with Gasteiger partial charge in [-0.25, -0.2) is 0 Å². The minimum atomic E-state index is -0.726. The average molecular weight is 275 g/mol. The van der Waals surface area contributed by atoms with E-state index in [0.717, 1.165) is 24.2 Å². The van der Waals surface area contributed by atoms with Crippen molar-refractivity contribution in [3.63, 3.8) is 0 Å². The van der Waals surface area contributed by atoms with E-state index in [9.17, 15) is 5.11 Å². The lowest BCUT2D eigenvalue weighted by Crippen LogP contribution is -2.02. The summed E-state index contributed by atoms with van der Waals surface area (Å²) in [6.45, 7) is 0. The second-order valence-corrected chi connectivity index (χ2v) is 5.22. The van der Waals surface area contributed by atoms with Gasteiger partial charge in [-0.2, -0.15) is 0 Å². The molecule has 0 heterocycles. The first kappa shape index (κ1) is 12.5. The number of benzene rings is 2. The van der Waals surface area contributed by atoms with Gasteiger partial charge in [-0.15, -0.1) is 0 Å². The zero-order valence-electron chi connectivity index (χ0n) is 10.4. The van der Waals surface area contributed by atoms with Gasteiger partial charge in [0.15, 0.2) is 0 Å². The van der Waals surface area contributed by atoms with Crippen LogP contribution in [0.5, 0.6) is 5.75 Å². The SMILES string of the molecule is OC(c1cccc(OC2CC2)c1)c1ccccc1Cl. The van der Waals surface area contributed by atoms with Crippen LogP contribution < -0.4 is 4.74 Å². The molecule has 2 nitrogen and oxygen atoms in total. The van der Waals surface area contributed by atoms with E-state index in [1.807, 2.05) is 42.5 Å². The third kappa shape index (κ3) is 2.91. The number of hydrogen-bond donors (Lipinski definition) is 1. The summed E-state index contributed by atoms with van der Waals surface area (Å²) in [7, 11) is 0. The first-order valence-corrected chi connectivity index (χ1v) is 6.81. The Labute approximate surface area is 117 Å². The van der Waals surface area contributed by atoms with Gasteiger partial charge in [-0.05, 0) is 36.6 Å². The lowest BCUT2D eigenvalue weighted by molar-refractivity contribution is 0.219. The Hall–Kier alpha value is -1.51. The molecule has 1 saturated carbocycles. The molecule has 0 aromatic heterocycles. The van der Waals surface area contributed by atoms with Crippen LogP contribution in [0.2, 0.25) is 5.02 Å². The van der Waals surface area contributed by atoms with Crippen LogP contribution in [0.3, 0.4) is 0 Å². The van der Waals surface area contributed by atoms with Crippen LogP contribution in [0, 0.1) is 0 Å². The summed E-state index contributed by atoms with van der Waals surface area (Å²) in [6, 6.07) is 14.9. The molecule has 2 aromatic carbocycles. The largest absolute Gasteiger partial charge is 0.490 e. The standard InChI is InChI=1S/C16H15ClO2/c17-15-7-2-1-6-14(15)16(18)11-4-3-5-13(10-11)19-12-8-9-12/h1-7,10,12,16,18H,8-9H2. The van der Waals surface area contributed by atoms with E-state index in [2.05, 4.69) is 0 Å². The molecule has 0 radical (unpaired) electrons. The molecule has 98 valence electrons. The van der Waals surface area contributed by atoms with E-state index >= 15 is 0 Å². The van der Waals surface area contributed by atoms with E-state index in [-0.39, 0.29) is 0 Å². The minimum absolute atomic E-state index is 0.354. The third-order valence-corrected chi connectivity index (χ3v) is 3.54. The van der Waals surface area contributed by atoms with Gasteiger partial charge < -0.3 is 9.84 Å². The summed E-state index contributed by atoms with van der Waals surface area (Å²) in [5, 5.41) is 11.0. The Kier molecular flexibility index (Phi) is 3.45. The molecule has 1 unspecified atom stereocenters. The Morgan fingerprint density at radius 1 is 1.11 bits per heavy atom. The van der Waals surface area contributed by atoms with Gasteiger partial charge in [0, 0.05) is 10.6 Å². The fraction of sp³-hybridized carbons (Fsp3) is 0.250. The molecule has 0 amide bonds. The second-order valence-electron chi connectivity index (χ2n) is 4.81. The maximum Gasteiger partial charge on any atom is 0.120 e. The third-order valence-electron chi connectivity index (χ3n) is 3.20. The van der Waals surface area contributed by atoms with Crippen molar-refractivity contribution in [3.8, 4) is 5.75 Å². The number of rotatable bonds is 4. The van der Waals surface area contributed by atoms with Gasteiger partial charge in [-0.3, -0.25) is 0 Å². The molecule has 1 fully saturated rings. The maximum atomic E-state index is 10.4. The molecule has 0 saturated heterocycles. The van der Waals surface area contributed by atoms with Crippen LogP contribution in [0.15, 0.2) is 48.5 Å². The fourth-order valence-corrected chi connectivity index (χ4v) is 2.25. The van der Waals surface area contributed by atoms with Crippen molar-refractivity contribution in [2.24, 2.45) is 0 Å². The van der Waals surface area contributed by atoms with Gasteiger partial charge in [0.1, 0.15) is 11.9 Å². The molecule has 1 N–H and O–H groups in total. The van der Waals surface area contributed by atoms with E-state index in [1.54, 1.807) is 6.07 Å². The van der Waals surface area contributed by atoms with Crippen molar-refractivity contribution in [1.29, 1.82) is 0 Å². The summed E-state index contributed by atoms with van der Waals surface area (Å²) >= 11 is 6.11. The highest BCUT2D eigenvalue weighted by Crippen LogP contribution is 2.32. The van der Waals surface area contributed by atoms with Gasteiger partial charge in [-0.1, -0.05) is 41.9 Å². The second kappa shape index (κ2) is 5.24.